The molecule has 0 radical (unpaired) electrons. The fourth-order valence-electron chi connectivity index (χ4n) is 0.992. The van der Waals surface area contributed by atoms with Crippen LogP contribution in [0.5, 0.6) is 0 Å². The predicted octanol–water partition coefficient (Wildman–Crippen LogP) is 4.08. The molecule has 0 bridgehead atoms. The van der Waals surface area contributed by atoms with E-state index in [4.69, 9.17) is 11.6 Å². The average molecular weight is 243 g/mol. The summed E-state index contributed by atoms with van der Waals surface area (Å²) >= 11 is 5.93. The van der Waals surface area contributed by atoms with Gasteiger partial charge in [-0.25, -0.2) is 0 Å². The van der Waals surface area contributed by atoms with E-state index in [9.17, 15) is 4.79 Å². The topological polar surface area (TPSA) is 17.1 Å². The van der Waals surface area contributed by atoms with Crippen LogP contribution >= 0.6 is 11.6 Å². The molecule has 0 spiro atoms. The van der Waals surface area contributed by atoms with Crippen LogP contribution in [-0.2, 0) is 4.79 Å². The maximum absolute atomic E-state index is 11.8. The summed E-state index contributed by atoms with van der Waals surface area (Å²) in [5, 5.41) is 0.721. The van der Waals surface area contributed by atoms with Crippen LogP contribution in [0.15, 0.2) is 35.4 Å². The Labute approximate surface area is 98.5 Å². The van der Waals surface area contributed by atoms with E-state index in [1.54, 1.807) is 12.2 Å². The molecule has 0 unspecified atom stereocenters. The second kappa shape index (κ2) is 6.08. The van der Waals surface area contributed by atoms with Crippen molar-refractivity contribution in [3.05, 3.63) is 35.4 Å². The Morgan fingerprint density at radius 2 is 1.93 bits per heavy atom. The molecule has 0 saturated heterocycles. The summed E-state index contributed by atoms with van der Waals surface area (Å²) < 4.78 is 0. The van der Waals surface area contributed by atoms with Gasteiger partial charge in [0, 0.05) is 10.6 Å². The Kier molecular flexibility index (Phi) is 5.84. The second-order valence-electron chi connectivity index (χ2n) is 4.44. The molecule has 0 aliphatic heterocycles. The lowest BCUT2D eigenvalue weighted by molar-refractivity contribution is -0.109. The van der Waals surface area contributed by atoms with Crippen molar-refractivity contribution >= 4 is 25.1 Å². The average Bonchev–Trinajstić information content (AvgIpc) is 2.11. The molecule has 0 rings (SSSR count). The highest BCUT2D eigenvalue weighted by atomic mass is 35.5. The number of carbonyl (C=O) groups is 1. The molecule has 0 heterocycles. The lowest BCUT2D eigenvalue weighted by Gasteiger charge is -2.13. The van der Waals surface area contributed by atoms with Crippen LogP contribution in [0.25, 0.3) is 0 Å². The largest absolute Gasteiger partial charge is 0.300 e. The zero-order valence-electron chi connectivity index (χ0n) is 9.93. The van der Waals surface area contributed by atoms with E-state index in [0.717, 1.165) is 6.42 Å². The summed E-state index contributed by atoms with van der Waals surface area (Å²) in [7, 11) is -1.79. The molecule has 3 heteroatoms. The van der Waals surface area contributed by atoms with E-state index in [1.807, 2.05) is 32.6 Å². The fourth-order valence-corrected chi connectivity index (χ4v) is 2.25. The normalized spacial score (nSPS) is 13.3. The van der Waals surface area contributed by atoms with Gasteiger partial charge in [0.25, 0.3) is 0 Å². The Morgan fingerprint density at radius 1 is 1.40 bits per heavy atom. The molecule has 0 aromatic heterocycles. The standard InChI is InChI=1S/C12H19ClOSi/c1-6-7-8-11(13)9-10(2)12(14)15(3,4)5/h7-9H,2,6H2,1,3-5H3/b8-7-,11-9+. The van der Waals surface area contributed by atoms with Gasteiger partial charge in [-0.15, -0.1) is 0 Å². The van der Waals surface area contributed by atoms with Crippen molar-refractivity contribution in [3.8, 4) is 0 Å². The first-order chi connectivity index (χ1) is 6.79. The van der Waals surface area contributed by atoms with Gasteiger partial charge in [-0.3, -0.25) is 0 Å². The summed E-state index contributed by atoms with van der Waals surface area (Å²) in [4.78, 5) is 11.8. The lowest BCUT2D eigenvalue weighted by Crippen LogP contribution is -2.33. The van der Waals surface area contributed by atoms with Gasteiger partial charge in [-0.1, -0.05) is 50.8 Å². The van der Waals surface area contributed by atoms with Crippen molar-refractivity contribution in [2.24, 2.45) is 0 Å². The Hall–Kier alpha value is -0.603. The maximum atomic E-state index is 11.8. The molecule has 0 aromatic rings. The van der Waals surface area contributed by atoms with Crippen LogP contribution in [0.3, 0.4) is 0 Å². The van der Waals surface area contributed by atoms with Gasteiger partial charge in [0.2, 0.25) is 0 Å². The van der Waals surface area contributed by atoms with E-state index in [-0.39, 0.29) is 5.41 Å². The first kappa shape index (κ1) is 14.4. The van der Waals surface area contributed by atoms with E-state index in [2.05, 4.69) is 6.58 Å². The molecule has 0 fully saturated rings. The molecule has 0 N–H and O–H groups in total. The van der Waals surface area contributed by atoms with Gasteiger partial charge in [0.15, 0.2) is 0 Å². The first-order valence-corrected chi connectivity index (χ1v) is 8.94. The maximum Gasteiger partial charge on any atom is 0.139 e. The second-order valence-corrected chi connectivity index (χ2v) is 9.83. The zero-order chi connectivity index (χ0) is 12.1. The minimum atomic E-state index is -1.79. The number of allylic oxidation sites excluding steroid dienone is 5. The zero-order valence-corrected chi connectivity index (χ0v) is 11.7. The van der Waals surface area contributed by atoms with E-state index >= 15 is 0 Å². The molecule has 0 aliphatic carbocycles. The van der Waals surface area contributed by atoms with Crippen LogP contribution in [0.4, 0.5) is 0 Å². The Morgan fingerprint density at radius 3 is 2.33 bits per heavy atom. The number of rotatable bonds is 5. The highest BCUT2D eigenvalue weighted by Crippen LogP contribution is 2.14. The summed E-state index contributed by atoms with van der Waals surface area (Å²) in [5.74, 6) is 0. The minimum absolute atomic E-state index is 0.158. The highest BCUT2D eigenvalue weighted by Gasteiger charge is 2.25. The SMILES string of the molecule is C=C(/C=C(Cl)\C=C/CC)C(=O)[Si](C)(C)C. The van der Waals surface area contributed by atoms with Crippen molar-refractivity contribution in [2.75, 3.05) is 0 Å². The van der Waals surface area contributed by atoms with Crippen molar-refractivity contribution in [1.82, 2.24) is 0 Å². The van der Waals surface area contributed by atoms with Gasteiger partial charge in [0.05, 0.1) is 0 Å². The third-order valence-corrected chi connectivity index (χ3v) is 3.72. The molecule has 0 atom stereocenters. The molecule has 0 amide bonds. The van der Waals surface area contributed by atoms with E-state index in [0.29, 0.717) is 10.6 Å². The van der Waals surface area contributed by atoms with E-state index in [1.165, 1.54) is 0 Å². The predicted molar refractivity (Wildman–Crippen MR) is 70.9 cm³/mol. The smallest absolute Gasteiger partial charge is 0.139 e. The molecule has 0 saturated carbocycles. The van der Waals surface area contributed by atoms with E-state index < -0.39 is 8.07 Å². The molecule has 15 heavy (non-hydrogen) atoms. The van der Waals surface area contributed by atoms with Gasteiger partial charge >= 0.3 is 0 Å². The third kappa shape index (κ3) is 5.75. The molecular weight excluding hydrogens is 224 g/mol. The Bertz CT molecular complexity index is 308. The Balaban J connectivity index is 4.62. The third-order valence-electron chi connectivity index (χ3n) is 1.80. The summed E-state index contributed by atoms with van der Waals surface area (Å²) in [6, 6.07) is 0. The quantitative estimate of drug-likeness (QED) is 0.403. The number of carbonyl (C=O) groups excluding carboxylic acids is 1. The van der Waals surface area contributed by atoms with Crippen LogP contribution in [0.2, 0.25) is 19.6 Å². The number of hydrogen-bond donors (Lipinski definition) is 0. The highest BCUT2D eigenvalue weighted by molar-refractivity contribution is 7.05. The van der Waals surface area contributed by atoms with Gasteiger partial charge in [-0.05, 0) is 18.6 Å². The number of halogens is 1. The van der Waals surface area contributed by atoms with Crippen LogP contribution < -0.4 is 0 Å². The summed E-state index contributed by atoms with van der Waals surface area (Å²) in [5.41, 5.74) is 0.514. The van der Waals surface area contributed by atoms with Crippen molar-refractivity contribution in [1.29, 1.82) is 0 Å². The lowest BCUT2D eigenvalue weighted by atomic mass is 10.3. The van der Waals surface area contributed by atoms with Crippen molar-refractivity contribution in [3.63, 3.8) is 0 Å². The van der Waals surface area contributed by atoms with Crippen LogP contribution in [-0.4, -0.2) is 13.5 Å². The molecule has 0 aromatic carbocycles. The molecule has 1 nitrogen and oxygen atoms in total. The number of hydrogen-bond acceptors (Lipinski definition) is 1. The molecule has 0 aliphatic rings. The minimum Gasteiger partial charge on any atom is -0.300 e. The fraction of sp³-hybridized carbons (Fsp3) is 0.417. The van der Waals surface area contributed by atoms with Crippen LogP contribution in [0.1, 0.15) is 13.3 Å². The van der Waals surface area contributed by atoms with Crippen LogP contribution in [0, 0.1) is 0 Å². The van der Waals surface area contributed by atoms with Gasteiger partial charge in [0.1, 0.15) is 13.5 Å². The van der Waals surface area contributed by atoms with Gasteiger partial charge in [-0.2, -0.15) is 0 Å². The summed E-state index contributed by atoms with van der Waals surface area (Å²) in [6.07, 6.45) is 6.32. The van der Waals surface area contributed by atoms with Gasteiger partial charge < -0.3 is 4.79 Å². The van der Waals surface area contributed by atoms with Crippen molar-refractivity contribution in [2.45, 2.75) is 33.0 Å². The first-order valence-electron chi connectivity index (χ1n) is 5.06. The molecule has 84 valence electrons. The molecular formula is C12H19ClOSi. The monoisotopic (exact) mass is 242 g/mol. The van der Waals surface area contributed by atoms with Crippen molar-refractivity contribution < 1.29 is 4.79 Å². The summed E-state index contributed by atoms with van der Waals surface area (Å²) in [6.45, 7) is 11.8.